The second-order valence-corrected chi connectivity index (χ2v) is 25.2. The average molecular weight is 1300 g/mol. The maximum absolute atomic E-state index is 13.8. The third-order valence-corrected chi connectivity index (χ3v) is 18.2. The highest BCUT2D eigenvalue weighted by Gasteiger charge is 2.57. The topological polar surface area (TPSA) is 149 Å². The molecule has 0 unspecified atom stereocenters. The molecule has 0 spiro atoms. The van der Waals surface area contributed by atoms with Crippen molar-refractivity contribution in [1.82, 2.24) is 5.32 Å². The van der Waals surface area contributed by atoms with Crippen LogP contribution < -0.4 is 5.32 Å². The highest BCUT2D eigenvalue weighted by Crippen LogP contribution is 2.42. The molecule has 4 fully saturated rings. The van der Waals surface area contributed by atoms with Gasteiger partial charge in [0.15, 0.2) is 18.9 Å². The summed E-state index contributed by atoms with van der Waals surface area (Å²) < 4.78 is 93.7. The van der Waals surface area contributed by atoms with E-state index in [9.17, 15) is 4.79 Å². The van der Waals surface area contributed by atoms with Gasteiger partial charge in [0, 0.05) is 12.5 Å². The second kappa shape index (κ2) is 33.4. The highest BCUT2D eigenvalue weighted by molar-refractivity contribution is 5.83. The fourth-order valence-corrected chi connectivity index (χ4v) is 13.4. The number of nitrogens with one attached hydrogen (secondary N) is 1. The Labute approximate surface area is 562 Å². The van der Waals surface area contributed by atoms with Crippen molar-refractivity contribution in [3.8, 4) is 0 Å². The van der Waals surface area contributed by atoms with Gasteiger partial charge in [-0.25, -0.2) is 0 Å². The molecule has 3 saturated heterocycles. The van der Waals surface area contributed by atoms with E-state index < -0.39 is 92.1 Å². The minimum absolute atomic E-state index is 0.0150. The number of amides is 1. The summed E-state index contributed by atoms with van der Waals surface area (Å²) in [5.74, 6) is -0.398. The number of carbonyl (C=O) groups excluding carboxylic acids is 1. The van der Waals surface area contributed by atoms with Crippen molar-refractivity contribution < 1.29 is 66.4 Å². The summed E-state index contributed by atoms with van der Waals surface area (Å²) in [6.07, 6.45) is -11.6. The maximum Gasteiger partial charge on any atom is 0.217 e. The third kappa shape index (κ3) is 17.5. The molecule has 15 heteroatoms. The van der Waals surface area contributed by atoms with Crippen LogP contribution in [-0.4, -0.2) is 105 Å². The molecule has 1 saturated carbocycles. The standard InChI is InChI=1S/C81H85NO14/c1-55-44-67(85-52-63-42-43-64-38-24-25-41-66(64)45-63)72(76(88-49-60-32-16-6-17-33-60)71(55)86-47-58-28-12-4-13-29-58)96-81-78(90-51-62-36-20-8-21-37-62)77(89-50-61-34-18-7-19-35-61)74(68(93-81)53-84-46-57-26-10-3-11-27-57)95-80-70(82-56(2)83)75(87-48-59-30-14-5-15-31-59)73-69(92-80)54-91-79(94-73)65-39-22-9-23-40-65/h3-43,45,55,67-81H,44,46-54H2,1-2H3,(H,82,83)/t55-,67-,68-,69-,70+,71+,72+,73-,74-,75-,76-,77+,78-,79-,80+,81-/m1/s1. The van der Waals surface area contributed by atoms with Crippen molar-refractivity contribution in [2.75, 3.05) is 13.2 Å². The molecule has 3 aliphatic heterocycles. The van der Waals surface area contributed by atoms with Gasteiger partial charge in [-0.05, 0) is 68.1 Å². The van der Waals surface area contributed by atoms with Gasteiger partial charge >= 0.3 is 0 Å². The molecule has 3 heterocycles. The number of hydrogen-bond donors (Lipinski definition) is 1. The van der Waals surface area contributed by atoms with Gasteiger partial charge in [0.2, 0.25) is 5.91 Å². The number of ether oxygens (including phenoxy) is 13. The zero-order chi connectivity index (χ0) is 65.3. The van der Waals surface area contributed by atoms with Crippen molar-refractivity contribution in [3.05, 3.63) is 299 Å². The number of rotatable bonds is 28. The molecule has 4 aliphatic rings. The van der Waals surface area contributed by atoms with Crippen LogP contribution in [0.15, 0.2) is 255 Å². The first-order valence-corrected chi connectivity index (χ1v) is 33.5. The van der Waals surface area contributed by atoms with Gasteiger partial charge in [-0.15, -0.1) is 0 Å². The van der Waals surface area contributed by atoms with E-state index in [4.69, 9.17) is 61.6 Å². The van der Waals surface area contributed by atoms with Crippen LogP contribution >= 0.6 is 0 Å². The molecule has 0 radical (unpaired) electrons. The zero-order valence-electron chi connectivity index (χ0n) is 54.3. The molecule has 1 amide bonds. The minimum atomic E-state index is -1.22. The Morgan fingerprint density at radius 1 is 0.417 bits per heavy atom. The molecule has 9 aromatic rings. The van der Waals surface area contributed by atoms with E-state index in [1.165, 1.54) is 6.92 Å². The van der Waals surface area contributed by atoms with Crippen LogP contribution in [0, 0.1) is 5.92 Å². The number of carbonyl (C=O) groups is 1. The summed E-state index contributed by atoms with van der Waals surface area (Å²) in [5, 5.41) is 5.47. The molecular formula is C81H85NO14. The smallest absolute Gasteiger partial charge is 0.217 e. The Hall–Kier alpha value is -7.81. The van der Waals surface area contributed by atoms with Gasteiger partial charge < -0.3 is 66.9 Å². The maximum atomic E-state index is 13.8. The number of hydrogen-bond acceptors (Lipinski definition) is 14. The lowest BCUT2D eigenvalue weighted by Gasteiger charge is -2.52. The van der Waals surface area contributed by atoms with Crippen molar-refractivity contribution in [1.29, 1.82) is 0 Å². The molecule has 498 valence electrons. The van der Waals surface area contributed by atoms with E-state index in [1.54, 1.807) is 0 Å². The summed E-state index contributed by atoms with van der Waals surface area (Å²) in [7, 11) is 0. The van der Waals surface area contributed by atoms with Gasteiger partial charge in [-0.3, -0.25) is 4.79 Å². The van der Waals surface area contributed by atoms with Gasteiger partial charge in [-0.2, -0.15) is 0 Å². The number of benzene rings is 9. The second-order valence-electron chi connectivity index (χ2n) is 25.2. The molecule has 13 rings (SSSR count). The number of fused-ring (bicyclic) bond motifs is 2. The van der Waals surface area contributed by atoms with E-state index in [0.717, 1.165) is 55.3 Å². The lowest BCUT2D eigenvalue weighted by molar-refractivity contribution is -0.387. The fourth-order valence-electron chi connectivity index (χ4n) is 13.4. The average Bonchev–Trinajstić information content (AvgIpc) is 0.773. The van der Waals surface area contributed by atoms with Crippen LogP contribution in [0.25, 0.3) is 10.8 Å². The van der Waals surface area contributed by atoms with Crippen LogP contribution in [0.4, 0.5) is 0 Å². The van der Waals surface area contributed by atoms with Crippen LogP contribution in [0.1, 0.15) is 71.1 Å². The van der Waals surface area contributed by atoms with Crippen LogP contribution in [0.3, 0.4) is 0 Å². The zero-order valence-corrected chi connectivity index (χ0v) is 54.3. The summed E-state index contributed by atoms with van der Waals surface area (Å²) in [4.78, 5) is 13.8. The van der Waals surface area contributed by atoms with Crippen molar-refractivity contribution in [2.45, 2.75) is 159 Å². The van der Waals surface area contributed by atoms with Crippen LogP contribution in [0.2, 0.25) is 0 Å². The molecule has 9 aromatic carbocycles. The van der Waals surface area contributed by atoms with Gasteiger partial charge in [-0.1, -0.05) is 256 Å². The van der Waals surface area contributed by atoms with E-state index in [-0.39, 0.29) is 64.7 Å². The molecular weight excluding hydrogens is 1210 g/mol. The first-order chi connectivity index (χ1) is 47.3. The van der Waals surface area contributed by atoms with E-state index in [2.05, 4.69) is 72.9 Å². The highest BCUT2D eigenvalue weighted by atomic mass is 16.8. The Bertz CT molecular complexity index is 3770. The Balaban J connectivity index is 0.909. The van der Waals surface area contributed by atoms with E-state index >= 15 is 0 Å². The molecule has 0 aromatic heterocycles. The monoisotopic (exact) mass is 1300 g/mol. The van der Waals surface area contributed by atoms with Crippen molar-refractivity contribution in [3.63, 3.8) is 0 Å². The molecule has 15 nitrogen and oxygen atoms in total. The first kappa shape index (κ1) is 66.8. The molecule has 96 heavy (non-hydrogen) atoms. The van der Waals surface area contributed by atoms with Crippen LogP contribution in [-0.2, 0) is 113 Å². The summed E-state index contributed by atoms with van der Waals surface area (Å²) in [6.45, 7) is 5.35. The Kier molecular flexibility index (Phi) is 23.3. The SMILES string of the molecule is CC(=O)N[C@@H]1[C@H](O[C@H]2[C@H](OCc3ccccc3)[C@@H](OCc3ccccc3)[C@@H](O[C@@H]3[C@H](OCc4ccccc4)[C@@H](OCc4ccccc4)[C@H](C)C[C@H]3OCc3ccc4ccccc4c3)O[C@@H]2COCc2ccccc2)O[C@@H]2CO[C@@H](c3ccccc3)O[C@H]2[C@@H]1OCc1ccccc1. The first-order valence-electron chi connectivity index (χ1n) is 33.5. The quantitative estimate of drug-likeness (QED) is 0.0496. The lowest BCUT2D eigenvalue weighted by Crippen LogP contribution is -2.70. The van der Waals surface area contributed by atoms with Gasteiger partial charge in [0.05, 0.1) is 71.7 Å². The van der Waals surface area contributed by atoms with Gasteiger partial charge in [0.25, 0.3) is 0 Å². The normalized spacial score (nSPS) is 27.4. The van der Waals surface area contributed by atoms with E-state index in [0.29, 0.717) is 13.0 Å². The Morgan fingerprint density at radius 3 is 1.41 bits per heavy atom. The molecule has 1 N–H and O–H groups in total. The molecule has 0 bridgehead atoms. The summed E-state index contributed by atoms with van der Waals surface area (Å²) in [6, 6.07) is 83.7. The van der Waals surface area contributed by atoms with Crippen molar-refractivity contribution >= 4 is 16.7 Å². The van der Waals surface area contributed by atoms with Crippen LogP contribution in [0.5, 0.6) is 0 Å². The van der Waals surface area contributed by atoms with Crippen molar-refractivity contribution in [2.24, 2.45) is 5.92 Å². The predicted molar refractivity (Wildman–Crippen MR) is 362 cm³/mol. The lowest BCUT2D eigenvalue weighted by atomic mass is 9.81. The fraction of sp³-hybridized carbons (Fsp3) is 0.346. The summed E-state index contributed by atoms with van der Waals surface area (Å²) >= 11 is 0. The molecule has 16 atom stereocenters. The van der Waals surface area contributed by atoms with E-state index in [1.807, 2.05) is 194 Å². The summed E-state index contributed by atoms with van der Waals surface area (Å²) in [5.41, 5.74) is 7.54. The van der Waals surface area contributed by atoms with Gasteiger partial charge in [0.1, 0.15) is 61.0 Å². The largest absolute Gasteiger partial charge is 0.374 e. The minimum Gasteiger partial charge on any atom is -0.374 e. The predicted octanol–water partition coefficient (Wildman–Crippen LogP) is 13.7. The third-order valence-electron chi connectivity index (χ3n) is 18.2. The molecule has 1 aliphatic carbocycles. The Morgan fingerprint density at radius 2 is 0.865 bits per heavy atom.